The van der Waals surface area contributed by atoms with Crippen LogP contribution in [0.1, 0.15) is 12.8 Å². The highest BCUT2D eigenvalue weighted by Crippen LogP contribution is 2.23. The van der Waals surface area contributed by atoms with Crippen LogP contribution in [0.3, 0.4) is 0 Å². The van der Waals surface area contributed by atoms with Crippen LogP contribution in [0.4, 0.5) is 0 Å². The smallest absolute Gasteiger partial charge is 0.227 e. The molecule has 5 heteroatoms. The van der Waals surface area contributed by atoms with Gasteiger partial charge in [0, 0.05) is 19.2 Å². The van der Waals surface area contributed by atoms with E-state index >= 15 is 0 Å². The summed E-state index contributed by atoms with van der Waals surface area (Å²) >= 11 is 0. The van der Waals surface area contributed by atoms with E-state index in [4.69, 9.17) is 9.47 Å². The van der Waals surface area contributed by atoms with E-state index < -0.39 is 0 Å². The lowest BCUT2D eigenvalue weighted by Gasteiger charge is -2.35. The van der Waals surface area contributed by atoms with Gasteiger partial charge >= 0.3 is 0 Å². The summed E-state index contributed by atoms with van der Waals surface area (Å²) in [6.07, 6.45) is 2.19. The van der Waals surface area contributed by atoms with Crippen molar-refractivity contribution in [3.63, 3.8) is 0 Å². The van der Waals surface area contributed by atoms with Gasteiger partial charge < -0.3 is 20.1 Å². The Morgan fingerprint density at radius 3 is 2.75 bits per heavy atom. The maximum Gasteiger partial charge on any atom is 0.227 e. The Bertz CT molecular complexity index is 254. The van der Waals surface area contributed by atoms with E-state index in [2.05, 4.69) is 10.6 Å². The minimum atomic E-state index is -0.0494. The molecule has 92 valence electrons. The van der Waals surface area contributed by atoms with E-state index in [1.165, 1.54) is 0 Å². The second-order valence-electron chi connectivity index (χ2n) is 4.57. The number of amides is 1. The maximum absolute atomic E-state index is 11.9. The number of carbonyl (C=O) groups excluding carboxylic acids is 1. The highest BCUT2D eigenvalue weighted by molar-refractivity contribution is 5.80. The fraction of sp³-hybridized carbons (Fsp3) is 0.909. The monoisotopic (exact) mass is 228 g/mol. The number of hydrogen-bond donors (Lipinski definition) is 2. The predicted octanol–water partition coefficient (Wildman–Crippen LogP) is -0.486. The SMILES string of the molecule is CNC1COCC1C(=O)NC1CC(OC)C1. The Morgan fingerprint density at radius 2 is 2.12 bits per heavy atom. The molecule has 2 rings (SSSR count). The molecule has 0 radical (unpaired) electrons. The number of rotatable bonds is 4. The fourth-order valence-electron chi connectivity index (χ4n) is 2.28. The lowest BCUT2D eigenvalue weighted by molar-refractivity contribution is -0.127. The number of carbonyl (C=O) groups is 1. The molecule has 0 aromatic rings. The zero-order chi connectivity index (χ0) is 11.5. The highest BCUT2D eigenvalue weighted by atomic mass is 16.5. The molecule has 0 aromatic carbocycles. The first-order valence-electron chi connectivity index (χ1n) is 5.82. The van der Waals surface area contributed by atoms with Crippen molar-refractivity contribution in [1.29, 1.82) is 0 Å². The predicted molar refractivity (Wildman–Crippen MR) is 59.1 cm³/mol. The van der Waals surface area contributed by atoms with Crippen LogP contribution >= 0.6 is 0 Å². The molecule has 1 saturated heterocycles. The van der Waals surface area contributed by atoms with Crippen LogP contribution in [0, 0.1) is 5.92 Å². The molecule has 2 fully saturated rings. The molecule has 5 nitrogen and oxygen atoms in total. The molecule has 1 saturated carbocycles. The Morgan fingerprint density at radius 1 is 1.38 bits per heavy atom. The molecule has 16 heavy (non-hydrogen) atoms. The third-order valence-corrected chi connectivity index (χ3v) is 3.56. The molecule has 2 unspecified atom stereocenters. The highest BCUT2D eigenvalue weighted by Gasteiger charge is 2.36. The Labute approximate surface area is 95.9 Å². The van der Waals surface area contributed by atoms with Gasteiger partial charge in [0.2, 0.25) is 5.91 Å². The summed E-state index contributed by atoms with van der Waals surface area (Å²) in [7, 11) is 3.58. The number of ether oxygens (including phenoxy) is 2. The summed E-state index contributed by atoms with van der Waals surface area (Å²) in [5.74, 6) is 0.0583. The van der Waals surface area contributed by atoms with Crippen molar-refractivity contribution in [3.05, 3.63) is 0 Å². The number of hydrogen-bond acceptors (Lipinski definition) is 4. The van der Waals surface area contributed by atoms with Crippen LogP contribution in [0.15, 0.2) is 0 Å². The molecule has 2 aliphatic rings. The standard InChI is InChI=1S/C11H20N2O3/c1-12-10-6-16-5-9(10)11(14)13-7-3-8(4-7)15-2/h7-10,12H,3-6H2,1-2H3,(H,13,14). The first-order chi connectivity index (χ1) is 7.74. The van der Waals surface area contributed by atoms with Gasteiger partial charge in [-0.2, -0.15) is 0 Å². The van der Waals surface area contributed by atoms with Gasteiger partial charge in [0.25, 0.3) is 0 Å². The van der Waals surface area contributed by atoms with Crippen molar-refractivity contribution in [2.75, 3.05) is 27.4 Å². The number of likely N-dealkylation sites (N-methyl/N-ethyl adjacent to an activating group) is 1. The molecule has 0 spiro atoms. The molecular weight excluding hydrogens is 208 g/mol. The summed E-state index contributed by atoms with van der Waals surface area (Å²) < 4.78 is 10.5. The lowest BCUT2D eigenvalue weighted by atomic mass is 9.88. The van der Waals surface area contributed by atoms with E-state index in [0.717, 1.165) is 12.8 Å². The van der Waals surface area contributed by atoms with Crippen LogP contribution in [0.25, 0.3) is 0 Å². The number of nitrogens with one attached hydrogen (secondary N) is 2. The Hall–Kier alpha value is -0.650. The Kier molecular flexibility index (Phi) is 3.78. The van der Waals surface area contributed by atoms with Crippen molar-refractivity contribution in [3.8, 4) is 0 Å². The van der Waals surface area contributed by atoms with Crippen molar-refractivity contribution >= 4 is 5.91 Å². The van der Waals surface area contributed by atoms with Crippen molar-refractivity contribution in [2.24, 2.45) is 5.92 Å². The van der Waals surface area contributed by atoms with Crippen LogP contribution in [0.5, 0.6) is 0 Å². The van der Waals surface area contributed by atoms with Crippen LogP contribution in [0.2, 0.25) is 0 Å². The summed E-state index contributed by atoms with van der Waals surface area (Å²) in [6.45, 7) is 1.15. The zero-order valence-corrected chi connectivity index (χ0v) is 9.86. The first kappa shape index (κ1) is 11.8. The fourth-order valence-corrected chi connectivity index (χ4v) is 2.28. The van der Waals surface area contributed by atoms with Gasteiger partial charge in [-0.15, -0.1) is 0 Å². The molecule has 1 amide bonds. The lowest BCUT2D eigenvalue weighted by Crippen LogP contribution is -2.51. The van der Waals surface area contributed by atoms with Crippen LogP contribution in [-0.4, -0.2) is 51.5 Å². The molecule has 0 aromatic heterocycles. The summed E-state index contributed by atoms with van der Waals surface area (Å²) in [5.41, 5.74) is 0. The normalized spacial score (nSPS) is 38.1. The van der Waals surface area contributed by atoms with Gasteiger partial charge in [-0.3, -0.25) is 4.79 Å². The third kappa shape index (κ3) is 2.36. The minimum Gasteiger partial charge on any atom is -0.381 e. The van der Waals surface area contributed by atoms with E-state index in [-0.39, 0.29) is 23.9 Å². The third-order valence-electron chi connectivity index (χ3n) is 3.56. The Balaban J connectivity index is 1.76. The summed E-state index contributed by atoms with van der Waals surface area (Å²) in [4.78, 5) is 11.9. The minimum absolute atomic E-state index is 0.0494. The van der Waals surface area contributed by atoms with Crippen molar-refractivity contribution in [2.45, 2.75) is 31.0 Å². The van der Waals surface area contributed by atoms with E-state index in [0.29, 0.717) is 19.3 Å². The molecule has 0 bridgehead atoms. The summed E-state index contributed by atoms with van der Waals surface area (Å²) in [6, 6.07) is 0.439. The average molecular weight is 228 g/mol. The van der Waals surface area contributed by atoms with E-state index in [1.54, 1.807) is 7.11 Å². The second kappa shape index (κ2) is 5.12. The largest absolute Gasteiger partial charge is 0.381 e. The van der Waals surface area contributed by atoms with Crippen molar-refractivity contribution < 1.29 is 14.3 Å². The number of methoxy groups -OCH3 is 1. The van der Waals surface area contributed by atoms with Gasteiger partial charge in [-0.1, -0.05) is 0 Å². The van der Waals surface area contributed by atoms with Gasteiger partial charge in [-0.25, -0.2) is 0 Å². The molecule has 1 aliphatic carbocycles. The molecule has 2 N–H and O–H groups in total. The quantitative estimate of drug-likeness (QED) is 0.682. The topological polar surface area (TPSA) is 59.6 Å². The van der Waals surface area contributed by atoms with Gasteiger partial charge in [0.05, 0.1) is 25.2 Å². The second-order valence-corrected chi connectivity index (χ2v) is 4.57. The molecular formula is C11H20N2O3. The van der Waals surface area contributed by atoms with Gasteiger partial charge in [0.15, 0.2) is 0 Å². The summed E-state index contributed by atoms with van der Waals surface area (Å²) in [5, 5.41) is 6.16. The first-order valence-corrected chi connectivity index (χ1v) is 5.82. The van der Waals surface area contributed by atoms with Crippen LogP contribution < -0.4 is 10.6 Å². The molecule has 2 atom stereocenters. The van der Waals surface area contributed by atoms with Gasteiger partial charge in [0.1, 0.15) is 0 Å². The zero-order valence-electron chi connectivity index (χ0n) is 9.86. The molecule has 1 heterocycles. The van der Waals surface area contributed by atoms with Crippen molar-refractivity contribution in [1.82, 2.24) is 10.6 Å². The maximum atomic E-state index is 11.9. The van der Waals surface area contributed by atoms with E-state index in [9.17, 15) is 4.79 Å². The average Bonchev–Trinajstić information content (AvgIpc) is 2.70. The van der Waals surface area contributed by atoms with E-state index in [1.807, 2.05) is 7.05 Å². The molecule has 1 aliphatic heterocycles. The van der Waals surface area contributed by atoms with Crippen LogP contribution in [-0.2, 0) is 14.3 Å². The van der Waals surface area contributed by atoms with Gasteiger partial charge in [-0.05, 0) is 19.9 Å².